The first-order valence-corrected chi connectivity index (χ1v) is 10.4. The monoisotopic (exact) mass is 401 g/mol. The summed E-state index contributed by atoms with van der Waals surface area (Å²) in [5, 5.41) is 23.3. The molecule has 1 aliphatic rings. The number of thioether (sulfide) groups is 1. The highest BCUT2D eigenvalue weighted by molar-refractivity contribution is 7.99. The SMILES string of the molecule is CS(=O)(=O)NCCSc1nonc1/C(=N\O)NC1Cc2ccc(F)cc21. The van der Waals surface area contributed by atoms with Gasteiger partial charge in [0, 0.05) is 12.3 Å². The molecule has 1 unspecified atom stereocenters. The average molecular weight is 401 g/mol. The van der Waals surface area contributed by atoms with Crippen molar-refractivity contribution < 1.29 is 22.6 Å². The first kappa shape index (κ1) is 18.6. The van der Waals surface area contributed by atoms with E-state index in [1.807, 2.05) is 0 Å². The summed E-state index contributed by atoms with van der Waals surface area (Å²) in [6.07, 6.45) is 1.72. The van der Waals surface area contributed by atoms with E-state index >= 15 is 0 Å². The summed E-state index contributed by atoms with van der Waals surface area (Å²) >= 11 is 1.19. The lowest BCUT2D eigenvalue weighted by molar-refractivity contribution is 0.296. The van der Waals surface area contributed by atoms with Crippen molar-refractivity contribution in [3.8, 4) is 0 Å². The van der Waals surface area contributed by atoms with Crippen molar-refractivity contribution in [2.45, 2.75) is 17.5 Å². The summed E-state index contributed by atoms with van der Waals surface area (Å²) in [6.45, 7) is 0.199. The van der Waals surface area contributed by atoms with Crippen LogP contribution in [0.25, 0.3) is 0 Å². The first-order valence-electron chi connectivity index (χ1n) is 7.54. The van der Waals surface area contributed by atoms with Gasteiger partial charge in [0.2, 0.25) is 10.0 Å². The Kier molecular flexibility index (Phi) is 5.44. The van der Waals surface area contributed by atoms with Crippen LogP contribution in [0.3, 0.4) is 0 Å². The minimum atomic E-state index is -3.27. The van der Waals surface area contributed by atoms with Crippen molar-refractivity contribution in [3.63, 3.8) is 0 Å². The Morgan fingerprint density at radius 1 is 1.50 bits per heavy atom. The number of amidine groups is 1. The van der Waals surface area contributed by atoms with Gasteiger partial charge in [0.15, 0.2) is 16.6 Å². The highest BCUT2D eigenvalue weighted by Crippen LogP contribution is 2.34. The molecule has 3 N–H and O–H groups in total. The van der Waals surface area contributed by atoms with Crippen LogP contribution in [0.1, 0.15) is 22.9 Å². The molecule has 2 aromatic rings. The minimum Gasteiger partial charge on any atom is -0.409 e. The molecule has 0 fully saturated rings. The quantitative estimate of drug-likeness (QED) is 0.156. The van der Waals surface area contributed by atoms with Crippen LogP contribution in [0.5, 0.6) is 0 Å². The lowest BCUT2D eigenvalue weighted by Crippen LogP contribution is -2.36. The van der Waals surface area contributed by atoms with Gasteiger partial charge in [0.05, 0.1) is 12.3 Å². The average Bonchev–Trinajstić information content (AvgIpc) is 3.02. The Morgan fingerprint density at radius 3 is 3.04 bits per heavy atom. The molecular weight excluding hydrogens is 385 g/mol. The van der Waals surface area contributed by atoms with Gasteiger partial charge in [-0.1, -0.05) is 23.0 Å². The van der Waals surface area contributed by atoms with Crippen molar-refractivity contribution in [3.05, 3.63) is 40.8 Å². The number of sulfonamides is 1. The maximum Gasteiger partial charge on any atom is 0.208 e. The van der Waals surface area contributed by atoms with E-state index in [9.17, 15) is 18.0 Å². The zero-order chi connectivity index (χ0) is 18.7. The fourth-order valence-electron chi connectivity index (χ4n) is 2.51. The van der Waals surface area contributed by atoms with Crippen molar-refractivity contribution in [2.75, 3.05) is 18.6 Å². The Balaban J connectivity index is 1.64. The topological polar surface area (TPSA) is 130 Å². The van der Waals surface area contributed by atoms with Crippen LogP contribution >= 0.6 is 11.8 Å². The first-order chi connectivity index (χ1) is 12.4. The molecule has 0 saturated carbocycles. The van der Waals surface area contributed by atoms with E-state index in [0.717, 1.165) is 17.4 Å². The van der Waals surface area contributed by atoms with E-state index in [1.54, 1.807) is 6.07 Å². The molecule has 12 heteroatoms. The number of aromatic nitrogens is 2. The van der Waals surface area contributed by atoms with E-state index in [2.05, 4.69) is 25.5 Å². The van der Waals surface area contributed by atoms with Gasteiger partial charge in [-0.15, -0.1) is 0 Å². The van der Waals surface area contributed by atoms with E-state index in [0.29, 0.717) is 17.2 Å². The number of halogens is 1. The van der Waals surface area contributed by atoms with Crippen LogP contribution < -0.4 is 10.0 Å². The van der Waals surface area contributed by atoms with Gasteiger partial charge in [-0.2, -0.15) is 0 Å². The van der Waals surface area contributed by atoms with E-state index in [1.165, 1.54) is 23.9 Å². The molecule has 0 amide bonds. The number of fused-ring (bicyclic) bond motifs is 1. The Labute approximate surface area is 153 Å². The lowest BCUT2D eigenvalue weighted by atomic mass is 9.83. The van der Waals surface area contributed by atoms with Crippen molar-refractivity contribution in [1.82, 2.24) is 20.4 Å². The largest absolute Gasteiger partial charge is 0.409 e. The zero-order valence-electron chi connectivity index (χ0n) is 13.6. The number of nitrogens with one attached hydrogen (secondary N) is 2. The summed E-state index contributed by atoms with van der Waals surface area (Å²) in [5.41, 5.74) is 2.00. The molecule has 1 atom stereocenters. The van der Waals surface area contributed by atoms with E-state index in [-0.39, 0.29) is 29.9 Å². The fraction of sp³-hybridized carbons (Fsp3) is 0.357. The van der Waals surface area contributed by atoms with Gasteiger partial charge in [0.25, 0.3) is 0 Å². The predicted octanol–water partition coefficient (Wildman–Crippen LogP) is 0.873. The molecule has 1 aromatic carbocycles. The standard InChI is InChI=1S/C14H16FN5O4S2/c1-26(22,23)16-4-5-25-14-12(19-24-20-14)13(18-21)17-11-6-8-2-3-9(15)7-10(8)11/h2-3,7,11,16,21H,4-6H2,1H3,(H,17,18). The minimum absolute atomic E-state index is 0.0460. The highest BCUT2D eigenvalue weighted by atomic mass is 32.2. The molecular formula is C14H16FN5O4S2. The summed E-state index contributed by atoms with van der Waals surface area (Å²) < 4.78 is 42.5. The van der Waals surface area contributed by atoms with Crippen LogP contribution in [0, 0.1) is 5.82 Å². The summed E-state index contributed by atoms with van der Waals surface area (Å²) in [4.78, 5) is 0. The van der Waals surface area contributed by atoms with E-state index in [4.69, 9.17) is 4.63 Å². The Bertz CT molecular complexity index is 931. The zero-order valence-corrected chi connectivity index (χ0v) is 15.3. The molecule has 1 aliphatic carbocycles. The molecule has 3 rings (SSSR count). The Morgan fingerprint density at radius 2 is 2.31 bits per heavy atom. The third kappa shape index (κ3) is 4.31. The number of nitrogens with zero attached hydrogens (tertiary/aromatic N) is 3. The second kappa shape index (κ2) is 7.60. The molecule has 0 spiro atoms. The third-order valence-electron chi connectivity index (χ3n) is 3.71. The van der Waals surface area contributed by atoms with Crippen molar-refractivity contribution in [1.29, 1.82) is 0 Å². The molecule has 1 heterocycles. The smallest absolute Gasteiger partial charge is 0.208 e. The molecule has 0 radical (unpaired) electrons. The van der Waals surface area contributed by atoms with Gasteiger partial charge < -0.3 is 10.5 Å². The molecule has 140 valence electrons. The fourth-order valence-corrected chi connectivity index (χ4v) is 3.86. The van der Waals surface area contributed by atoms with Crippen LogP contribution in [0.2, 0.25) is 0 Å². The summed E-state index contributed by atoms with van der Waals surface area (Å²) in [7, 11) is -3.27. The lowest BCUT2D eigenvalue weighted by Gasteiger charge is -2.31. The summed E-state index contributed by atoms with van der Waals surface area (Å²) in [6, 6.07) is 4.33. The molecule has 9 nitrogen and oxygen atoms in total. The van der Waals surface area contributed by atoms with Gasteiger partial charge in [0.1, 0.15) is 5.82 Å². The molecule has 0 saturated heterocycles. The van der Waals surface area contributed by atoms with E-state index < -0.39 is 10.0 Å². The van der Waals surface area contributed by atoms with Crippen LogP contribution in [0.15, 0.2) is 33.0 Å². The van der Waals surface area contributed by atoms with Gasteiger partial charge in [-0.25, -0.2) is 22.2 Å². The second-order valence-corrected chi connectivity index (χ2v) is 8.54. The number of rotatable bonds is 7. The maximum absolute atomic E-state index is 13.4. The van der Waals surface area contributed by atoms with Crippen LogP contribution in [0.4, 0.5) is 4.39 Å². The molecule has 26 heavy (non-hydrogen) atoms. The van der Waals surface area contributed by atoms with Crippen LogP contribution in [-0.2, 0) is 16.4 Å². The molecule has 1 aromatic heterocycles. The third-order valence-corrected chi connectivity index (χ3v) is 5.38. The van der Waals surface area contributed by atoms with Gasteiger partial charge >= 0.3 is 0 Å². The predicted molar refractivity (Wildman–Crippen MR) is 92.2 cm³/mol. The second-order valence-electron chi connectivity index (χ2n) is 5.63. The number of benzene rings is 1. The maximum atomic E-state index is 13.4. The molecule has 0 aliphatic heterocycles. The normalized spacial score (nSPS) is 16.8. The Hall–Kier alpha value is -2.18. The molecule has 0 bridgehead atoms. The van der Waals surface area contributed by atoms with Crippen molar-refractivity contribution >= 4 is 27.6 Å². The van der Waals surface area contributed by atoms with Gasteiger partial charge in [-0.3, -0.25) is 0 Å². The van der Waals surface area contributed by atoms with Gasteiger partial charge in [-0.05, 0) is 40.0 Å². The number of hydrogen-bond donors (Lipinski definition) is 3. The number of hydrogen-bond acceptors (Lipinski definition) is 8. The summed E-state index contributed by atoms with van der Waals surface area (Å²) in [5.74, 6) is 0.0879. The number of oxime groups is 1. The van der Waals surface area contributed by atoms with Crippen LogP contribution in [-0.4, -0.2) is 48.3 Å². The highest BCUT2D eigenvalue weighted by Gasteiger charge is 2.29. The van der Waals surface area contributed by atoms with Crippen molar-refractivity contribution in [2.24, 2.45) is 5.16 Å².